The lowest BCUT2D eigenvalue weighted by Gasteiger charge is -2.34. The van der Waals surface area contributed by atoms with E-state index >= 15 is 0 Å². The molecule has 0 aliphatic heterocycles. The maximum absolute atomic E-state index is 14.6. The highest BCUT2D eigenvalue weighted by Gasteiger charge is 2.63. The van der Waals surface area contributed by atoms with Gasteiger partial charge in [-0.3, -0.25) is 0 Å². The van der Waals surface area contributed by atoms with Crippen LogP contribution in [0.25, 0.3) is 0 Å². The van der Waals surface area contributed by atoms with Gasteiger partial charge >= 0.3 is 17.9 Å². The molecule has 0 bridgehead atoms. The average molecular weight is 572 g/mol. The molecule has 0 fully saturated rings. The quantitative estimate of drug-likeness (QED) is 0.157. The second-order valence-electron chi connectivity index (χ2n) is 8.29. The summed E-state index contributed by atoms with van der Waals surface area (Å²) in [6, 6.07) is 8.87. The zero-order chi connectivity index (χ0) is 27.3. The molecule has 0 heterocycles. The largest absolute Gasteiger partial charge is 0.490 e. The second-order valence-corrected chi connectivity index (χ2v) is 9.49. The minimum Gasteiger partial charge on any atom is -0.490 e. The molecule has 0 saturated heterocycles. The van der Waals surface area contributed by atoms with Crippen molar-refractivity contribution in [3.05, 3.63) is 57.6 Å². The van der Waals surface area contributed by atoms with Crippen LogP contribution in [0.2, 0.25) is 10.0 Å². The van der Waals surface area contributed by atoms with Gasteiger partial charge in [-0.15, -0.1) is 11.6 Å². The predicted octanol–water partition coefficient (Wildman–Crippen LogP) is 5.17. The lowest BCUT2D eigenvalue weighted by atomic mass is 9.78. The first-order valence-electron chi connectivity index (χ1n) is 10.6. The molecule has 0 aromatic heterocycles. The fourth-order valence-electron chi connectivity index (χ4n) is 3.30. The molecule has 0 aliphatic rings. The monoisotopic (exact) mass is 570 g/mol. The first-order chi connectivity index (χ1) is 16.7. The Hall–Kier alpha value is -1.88. The first-order valence-corrected chi connectivity index (χ1v) is 11.9. The molecule has 1 unspecified atom stereocenters. The zero-order valence-corrected chi connectivity index (χ0v) is 22.3. The number of aliphatic hydroxyl groups is 2. The molecule has 7 nitrogen and oxygen atoms in total. The van der Waals surface area contributed by atoms with Gasteiger partial charge in [0.1, 0.15) is 5.75 Å². The minimum atomic E-state index is -4.64. The lowest BCUT2D eigenvalue weighted by molar-refractivity contribution is -0.392. The van der Waals surface area contributed by atoms with E-state index in [1.54, 1.807) is 12.1 Å². The minimum absolute atomic E-state index is 0.306. The number of halogens is 5. The summed E-state index contributed by atoms with van der Waals surface area (Å²) in [5.74, 6) is -5.07. The Morgan fingerprint density at radius 2 is 1.58 bits per heavy atom. The highest BCUT2D eigenvalue weighted by atomic mass is 35.5. The van der Waals surface area contributed by atoms with E-state index in [0.29, 0.717) is 40.3 Å². The molecule has 0 saturated carbocycles. The van der Waals surface area contributed by atoms with E-state index in [4.69, 9.17) is 39.5 Å². The molecule has 200 valence electrons. The van der Waals surface area contributed by atoms with Crippen molar-refractivity contribution in [3.63, 3.8) is 0 Å². The van der Waals surface area contributed by atoms with Crippen LogP contribution in [0.3, 0.4) is 0 Å². The van der Waals surface area contributed by atoms with E-state index < -0.39 is 35.1 Å². The maximum Gasteiger partial charge on any atom is 0.457 e. The number of esters is 1. The Kier molecular flexibility index (Phi) is 10.2. The third kappa shape index (κ3) is 6.51. The summed E-state index contributed by atoms with van der Waals surface area (Å²) in [6.45, 7) is 4.10. The van der Waals surface area contributed by atoms with Crippen LogP contribution < -0.4 is 9.47 Å². The molecule has 0 radical (unpaired) electrons. The molecule has 2 rings (SSSR count). The van der Waals surface area contributed by atoms with Gasteiger partial charge in [-0.05, 0) is 41.8 Å². The molecule has 12 heteroatoms. The van der Waals surface area contributed by atoms with Gasteiger partial charge in [-0.1, -0.05) is 49.2 Å². The van der Waals surface area contributed by atoms with Crippen molar-refractivity contribution in [1.29, 1.82) is 0 Å². The Morgan fingerprint density at radius 1 is 1.03 bits per heavy atom. The predicted molar refractivity (Wildman–Crippen MR) is 131 cm³/mol. The van der Waals surface area contributed by atoms with Crippen LogP contribution in [0, 0.1) is 0 Å². The highest BCUT2D eigenvalue weighted by molar-refractivity contribution is 6.37. The van der Waals surface area contributed by atoms with Crippen molar-refractivity contribution in [1.82, 2.24) is 0 Å². The number of carbonyl (C=O) groups is 1. The summed E-state index contributed by atoms with van der Waals surface area (Å²) < 4.78 is 48.1. The number of methoxy groups -OCH3 is 2. The molecule has 0 spiro atoms. The van der Waals surface area contributed by atoms with Gasteiger partial charge in [0.05, 0.1) is 23.8 Å². The smallest absolute Gasteiger partial charge is 0.457 e. The molecule has 0 aliphatic carbocycles. The molecular weight excluding hydrogens is 545 g/mol. The number of hydrogen-bond donors (Lipinski definition) is 2. The molecular formula is C24H27Cl3F2O7. The number of carbonyl (C=O) groups excluding carboxylic acids is 1. The average Bonchev–Trinajstić information content (AvgIpc) is 2.80. The van der Waals surface area contributed by atoms with E-state index in [2.05, 4.69) is 14.2 Å². The van der Waals surface area contributed by atoms with Crippen LogP contribution in [0.4, 0.5) is 8.78 Å². The van der Waals surface area contributed by atoms with Crippen LogP contribution in [-0.2, 0) is 19.7 Å². The van der Waals surface area contributed by atoms with Gasteiger partial charge in [0.25, 0.3) is 0 Å². The summed E-state index contributed by atoms with van der Waals surface area (Å²) in [6.07, 6.45) is -6.44. The van der Waals surface area contributed by atoms with E-state index in [9.17, 15) is 23.8 Å². The standard InChI is InChI=1S/C24H27Cl3F2O7/c1-22(2,15-12-17(26)19(18(27)13-15)35-11-5-10-25)14-6-8-16(9-7-14)36-24(28,29)23(31,32)20(33-3)21(30)34-4/h6-9,12-13,20,31-32H,5,10-11H2,1-4H3. The highest BCUT2D eigenvalue weighted by Crippen LogP contribution is 2.41. The van der Waals surface area contributed by atoms with Gasteiger partial charge in [0.2, 0.25) is 6.10 Å². The molecule has 1 atom stereocenters. The summed E-state index contributed by atoms with van der Waals surface area (Å²) in [4.78, 5) is 11.6. The Morgan fingerprint density at radius 3 is 2.06 bits per heavy atom. The first kappa shape index (κ1) is 30.3. The number of rotatable bonds is 12. The van der Waals surface area contributed by atoms with Crippen molar-refractivity contribution in [2.75, 3.05) is 26.7 Å². The van der Waals surface area contributed by atoms with Crippen molar-refractivity contribution >= 4 is 40.8 Å². The second kappa shape index (κ2) is 12.1. The normalized spacial score (nSPS) is 13.3. The zero-order valence-electron chi connectivity index (χ0n) is 20.0. The molecule has 2 aromatic rings. The van der Waals surface area contributed by atoms with E-state index in [1.807, 2.05) is 13.8 Å². The van der Waals surface area contributed by atoms with Crippen molar-refractivity contribution in [2.24, 2.45) is 0 Å². The van der Waals surface area contributed by atoms with Crippen molar-refractivity contribution in [3.8, 4) is 11.5 Å². The van der Waals surface area contributed by atoms with Crippen LogP contribution in [-0.4, -0.2) is 60.9 Å². The maximum atomic E-state index is 14.6. The molecule has 0 amide bonds. The summed E-state index contributed by atoms with van der Waals surface area (Å²) in [5.41, 5.74) is 0.740. The van der Waals surface area contributed by atoms with E-state index in [-0.39, 0.29) is 0 Å². The van der Waals surface area contributed by atoms with Crippen molar-refractivity contribution < 1.29 is 42.7 Å². The fraction of sp³-hybridized carbons (Fsp3) is 0.458. The molecule has 2 aromatic carbocycles. The third-order valence-corrected chi connectivity index (χ3v) is 6.34. The van der Waals surface area contributed by atoms with Gasteiger partial charge in [-0.2, -0.15) is 8.78 Å². The summed E-state index contributed by atoms with van der Waals surface area (Å²) in [7, 11) is 1.72. The number of benzene rings is 2. The van der Waals surface area contributed by atoms with E-state index in [0.717, 1.165) is 19.8 Å². The summed E-state index contributed by atoms with van der Waals surface area (Å²) >= 11 is 18.4. The Bertz CT molecular complexity index is 1020. The lowest BCUT2D eigenvalue weighted by Crippen LogP contribution is -2.62. The van der Waals surface area contributed by atoms with Gasteiger partial charge in [0, 0.05) is 18.4 Å². The van der Waals surface area contributed by atoms with Gasteiger partial charge in [0.15, 0.2) is 5.75 Å². The Labute approximate surface area is 222 Å². The van der Waals surface area contributed by atoms with Gasteiger partial charge < -0.3 is 29.2 Å². The summed E-state index contributed by atoms with van der Waals surface area (Å²) in [5, 5.41) is 20.5. The topological polar surface area (TPSA) is 94.5 Å². The van der Waals surface area contributed by atoms with Gasteiger partial charge in [-0.25, -0.2) is 4.79 Å². The number of ether oxygens (including phenoxy) is 4. The number of alkyl halides is 3. The van der Waals surface area contributed by atoms with Crippen LogP contribution in [0.15, 0.2) is 36.4 Å². The van der Waals surface area contributed by atoms with Crippen LogP contribution in [0.1, 0.15) is 31.4 Å². The van der Waals surface area contributed by atoms with Crippen LogP contribution >= 0.6 is 34.8 Å². The third-order valence-electron chi connectivity index (χ3n) is 5.51. The SMILES string of the molecule is COC(=O)C(OC)C(O)(O)C(F)(F)Oc1ccc(C(C)(C)c2cc(Cl)c(OCCCCl)c(Cl)c2)cc1. The molecule has 36 heavy (non-hydrogen) atoms. The molecule has 2 N–H and O–H groups in total. The van der Waals surface area contributed by atoms with Crippen molar-refractivity contribution in [2.45, 2.75) is 43.7 Å². The Balaban J connectivity index is 2.28. The van der Waals surface area contributed by atoms with Crippen LogP contribution in [0.5, 0.6) is 11.5 Å². The number of hydrogen-bond acceptors (Lipinski definition) is 7. The fourth-order valence-corrected chi connectivity index (χ4v) is 4.01. The van der Waals surface area contributed by atoms with E-state index in [1.165, 1.54) is 24.3 Å².